The highest BCUT2D eigenvalue weighted by Crippen LogP contribution is 2.19. The number of piperazine rings is 1. The second-order valence-corrected chi connectivity index (χ2v) is 6.49. The van der Waals surface area contributed by atoms with E-state index in [1.807, 2.05) is 12.1 Å². The largest absolute Gasteiger partial charge is 0.465 e. The van der Waals surface area contributed by atoms with Gasteiger partial charge in [0.05, 0.1) is 12.7 Å². The Hall–Kier alpha value is -1.10. The molecular weight excluding hydrogens is 300 g/mol. The number of hydrogen-bond acceptors (Lipinski definition) is 4. The molecule has 0 spiro atoms. The zero-order valence-electron chi connectivity index (χ0n) is 13.6. The second kappa shape index (κ2) is 7.95. The highest BCUT2D eigenvalue weighted by Gasteiger charge is 2.20. The predicted molar refractivity (Wildman–Crippen MR) is 89.1 cm³/mol. The van der Waals surface area contributed by atoms with Crippen LogP contribution in [0.3, 0.4) is 0 Å². The lowest BCUT2D eigenvalue weighted by Gasteiger charge is -2.35. The molecule has 1 heterocycles. The molecule has 0 amide bonds. The van der Waals surface area contributed by atoms with Gasteiger partial charge in [-0.2, -0.15) is 0 Å². The molecule has 0 aliphatic carbocycles. The topological polar surface area (TPSA) is 32.8 Å². The average molecular weight is 324 g/mol. The molecule has 5 heteroatoms. The van der Waals surface area contributed by atoms with Crippen molar-refractivity contribution in [2.45, 2.75) is 20.4 Å². The summed E-state index contributed by atoms with van der Waals surface area (Å²) in [5.74, 6) is 1.12. The van der Waals surface area contributed by atoms with Gasteiger partial charge < -0.3 is 9.64 Å². The van der Waals surface area contributed by atoms with Gasteiger partial charge in [0.1, 0.15) is 0 Å². The maximum absolute atomic E-state index is 11.9. The van der Waals surface area contributed by atoms with Gasteiger partial charge in [0.15, 0.2) is 0 Å². The number of carbonyl (C=O) groups excluding carboxylic acids is 1. The molecule has 1 aromatic carbocycles. The fourth-order valence-corrected chi connectivity index (χ4v) is 2.95. The Morgan fingerprint density at radius 2 is 1.82 bits per heavy atom. The molecule has 1 saturated heterocycles. The highest BCUT2D eigenvalue weighted by atomic mass is 35.5. The summed E-state index contributed by atoms with van der Waals surface area (Å²) in [4.78, 5) is 16.7. The van der Waals surface area contributed by atoms with E-state index < -0.39 is 0 Å². The van der Waals surface area contributed by atoms with E-state index in [1.165, 1.54) is 13.0 Å². The lowest BCUT2D eigenvalue weighted by Crippen LogP contribution is -2.46. The van der Waals surface area contributed by atoms with Crippen LogP contribution < -0.4 is 0 Å². The molecule has 1 aromatic rings. The maximum Gasteiger partial charge on any atom is 0.338 e. The Bertz CT molecular complexity index is 511. The molecule has 0 atom stereocenters. The van der Waals surface area contributed by atoms with Crippen molar-refractivity contribution in [2.75, 3.05) is 39.8 Å². The van der Waals surface area contributed by atoms with Gasteiger partial charge in [0.25, 0.3) is 0 Å². The van der Waals surface area contributed by atoms with Crippen molar-refractivity contribution in [1.82, 2.24) is 9.80 Å². The Balaban J connectivity index is 1.99. The van der Waals surface area contributed by atoms with Crippen molar-refractivity contribution >= 4 is 17.6 Å². The summed E-state index contributed by atoms with van der Waals surface area (Å²) < 4.78 is 4.85. The average Bonchev–Trinajstić information content (AvgIpc) is 2.49. The van der Waals surface area contributed by atoms with E-state index in [9.17, 15) is 4.79 Å². The van der Waals surface area contributed by atoms with Crippen LogP contribution in [-0.2, 0) is 11.3 Å². The summed E-state index contributed by atoms with van der Waals surface area (Å²) in [7, 11) is 1.40. The van der Waals surface area contributed by atoms with Crippen LogP contribution in [0, 0.1) is 5.92 Å². The second-order valence-electron chi connectivity index (χ2n) is 6.05. The van der Waals surface area contributed by atoms with Crippen LogP contribution in [0.5, 0.6) is 0 Å². The van der Waals surface area contributed by atoms with Crippen LogP contribution >= 0.6 is 11.6 Å². The lowest BCUT2D eigenvalue weighted by molar-refractivity contribution is 0.0597. The molecule has 1 fully saturated rings. The van der Waals surface area contributed by atoms with E-state index in [-0.39, 0.29) is 5.97 Å². The van der Waals surface area contributed by atoms with E-state index in [1.54, 1.807) is 6.07 Å². The monoisotopic (exact) mass is 323 g/mol. The van der Waals surface area contributed by atoms with Gasteiger partial charge in [-0.1, -0.05) is 31.5 Å². The van der Waals surface area contributed by atoms with Crippen molar-refractivity contribution in [3.05, 3.63) is 40.3 Å². The van der Waals surface area contributed by atoms with E-state index in [0.29, 0.717) is 10.6 Å². The molecule has 0 unspecified atom stereocenters. The van der Waals surface area contributed by atoms with Crippen molar-refractivity contribution in [3.8, 4) is 0 Å². The van der Waals surface area contributed by atoms with E-state index in [4.69, 9.17) is 16.3 Å². The van der Waals surface area contributed by atoms with Gasteiger partial charge in [0.2, 0.25) is 0 Å². The summed E-state index contributed by atoms with van der Waals surface area (Å²) in [6, 6.07) is 5.44. The van der Waals surface area contributed by atoms with Gasteiger partial charge in [-0.3, -0.25) is 4.90 Å². The van der Waals surface area contributed by atoms with E-state index in [2.05, 4.69) is 23.6 Å². The molecule has 1 radical (unpaired) electrons. The fourth-order valence-electron chi connectivity index (χ4n) is 2.78. The van der Waals surface area contributed by atoms with Crippen LogP contribution in [0.2, 0.25) is 5.02 Å². The smallest absolute Gasteiger partial charge is 0.338 e. The quantitative estimate of drug-likeness (QED) is 0.780. The van der Waals surface area contributed by atoms with Crippen molar-refractivity contribution in [3.63, 3.8) is 0 Å². The first-order chi connectivity index (χ1) is 10.5. The molecule has 22 heavy (non-hydrogen) atoms. The van der Waals surface area contributed by atoms with Gasteiger partial charge in [-0.15, -0.1) is 0 Å². The molecule has 4 nitrogen and oxygen atoms in total. The van der Waals surface area contributed by atoms with E-state index >= 15 is 0 Å². The Kier molecular flexibility index (Phi) is 6.24. The first-order valence-electron chi connectivity index (χ1n) is 7.60. The number of esters is 1. The third kappa shape index (κ3) is 4.70. The Morgan fingerprint density at radius 1 is 1.18 bits per heavy atom. The minimum Gasteiger partial charge on any atom is -0.465 e. The van der Waals surface area contributed by atoms with Gasteiger partial charge in [0, 0.05) is 44.3 Å². The number of benzene rings is 1. The summed E-state index contributed by atoms with van der Waals surface area (Å²) in [6.07, 6.45) is 0. The first-order valence-corrected chi connectivity index (χ1v) is 7.98. The first kappa shape index (κ1) is 17.3. The molecular formula is C17H24ClN2O2. The Labute approximate surface area is 138 Å². The molecule has 121 valence electrons. The highest BCUT2D eigenvalue weighted by molar-refractivity contribution is 6.31. The van der Waals surface area contributed by atoms with Crippen molar-refractivity contribution in [1.29, 1.82) is 0 Å². The van der Waals surface area contributed by atoms with Crippen LogP contribution in [0.15, 0.2) is 18.2 Å². The predicted octanol–water partition coefficient (Wildman–Crippen LogP) is 2.86. The molecule has 1 aliphatic rings. The number of nitrogens with zero attached hydrogens (tertiary/aromatic N) is 2. The standard InChI is InChI=1S/C17H24ClN2O2/c1-13(2)11-19-6-8-20(9-7-19)12-14-4-5-15(18)10-16(14)17(21)22-3/h4-5,10H,6-9,11-12H2,1-3H3. The summed E-state index contributed by atoms with van der Waals surface area (Å²) in [5.41, 5.74) is 1.54. The molecule has 2 rings (SSSR count). The number of ether oxygens (including phenoxy) is 1. The SMILES string of the molecule is COC(=O)c1cc(Cl)ccc1CN1CCN(C[C](C)C)CC1. The minimum atomic E-state index is -0.327. The van der Waals surface area contributed by atoms with Crippen LogP contribution in [-0.4, -0.2) is 55.6 Å². The third-order valence-electron chi connectivity index (χ3n) is 3.88. The zero-order valence-corrected chi connectivity index (χ0v) is 14.3. The number of rotatable bonds is 5. The van der Waals surface area contributed by atoms with Crippen LogP contribution in [0.1, 0.15) is 29.8 Å². The normalized spacial score (nSPS) is 17.0. The molecule has 0 aromatic heterocycles. The Morgan fingerprint density at radius 3 is 2.41 bits per heavy atom. The molecule has 0 N–H and O–H groups in total. The number of carbonyl (C=O) groups is 1. The van der Waals surface area contributed by atoms with Crippen molar-refractivity contribution in [2.24, 2.45) is 0 Å². The summed E-state index contributed by atoms with van der Waals surface area (Å²) in [5, 5.41) is 0.558. The number of methoxy groups -OCH3 is 1. The number of halogens is 1. The maximum atomic E-state index is 11.9. The molecule has 0 saturated carbocycles. The molecule has 1 aliphatic heterocycles. The van der Waals surface area contributed by atoms with E-state index in [0.717, 1.165) is 44.8 Å². The number of hydrogen-bond donors (Lipinski definition) is 0. The van der Waals surface area contributed by atoms with Gasteiger partial charge >= 0.3 is 5.97 Å². The summed E-state index contributed by atoms with van der Waals surface area (Å²) in [6.45, 7) is 10.3. The van der Waals surface area contributed by atoms with Crippen LogP contribution in [0.25, 0.3) is 0 Å². The zero-order chi connectivity index (χ0) is 16.1. The minimum absolute atomic E-state index is 0.327. The van der Waals surface area contributed by atoms with Crippen LogP contribution in [0.4, 0.5) is 0 Å². The van der Waals surface area contributed by atoms with Gasteiger partial charge in [-0.05, 0) is 23.6 Å². The third-order valence-corrected chi connectivity index (χ3v) is 4.11. The van der Waals surface area contributed by atoms with Gasteiger partial charge in [-0.25, -0.2) is 4.79 Å². The lowest BCUT2D eigenvalue weighted by atomic mass is 10.1. The summed E-state index contributed by atoms with van der Waals surface area (Å²) >= 11 is 6.00. The van der Waals surface area contributed by atoms with Crippen molar-refractivity contribution < 1.29 is 9.53 Å². The molecule has 0 bridgehead atoms. The fraction of sp³-hybridized carbons (Fsp3) is 0.529.